The van der Waals surface area contributed by atoms with Gasteiger partial charge in [0, 0.05) is 51.0 Å². The first-order chi connectivity index (χ1) is 32.2. The van der Waals surface area contributed by atoms with E-state index in [9.17, 15) is 65.4 Å². The Morgan fingerprint density at radius 2 is 1.32 bits per heavy atom. The van der Waals surface area contributed by atoms with Crippen LogP contribution in [0.3, 0.4) is 0 Å². The number of rotatable bonds is 6. The molecule has 0 radical (unpaired) electrons. The van der Waals surface area contributed by atoms with Gasteiger partial charge in [0.05, 0.1) is 86.0 Å². The molecule has 3 heterocycles. The fourth-order valence-corrected chi connectivity index (χ4v) is 7.94. The van der Waals surface area contributed by atoms with Crippen LogP contribution in [-0.4, -0.2) is 173 Å². The molecule has 3 aliphatic rings. The van der Waals surface area contributed by atoms with Crippen molar-refractivity contribution in [2.45, 2.75) is 169 Å². The molecule has 6 unspecified atom stereocenters. The second-order valence-corrected chi connectivity index (χ2v) is 17.9. The van der Waals surface area contributed by atoms with E-state index in [0.717, 1.165) is 0 Å². The Morgan fingerprint density at radius 3 is 1.94 bits per heavy atom. The van der Waals surface area contributed by atoms with Gasteiger partial charge < -0.3 is 86.8 Å². The van der Waals surface area contributed by atoms with Gasteiger partial charge in [-0.2, -0.15) is 0 Å². The van der Waals surface area contributed by atoms with Gasteiger partial charge in [0.25, 0.3) is 0 Å². The van der Waals surface area contributed by atoms with Crippen LogP contribution < -0.4 is 16.8 Å². The summed E-state index contributed by atoms with van der Waals surface area (Å²) in [4.78, 5) is 37.5. The van der Waals surface area contributed by atoms with Crippen molar-refractivity contribution in [1.82, 2.24) is 5.32 Å². The highest BCUT2D eigenvalue weighted by Gasteiger charge is 2.50. The third-order valence-corrected chi connectivity index (χ3v) is 11.7. The average molecular weight is 966 g/mol. The Morgan fingerprint density at radius 1 is 0.721 bits per heavy atom. The van der Waals surface area contributed by atoms with E-state index in [0.29, 0.717) is 0 Å². The molecule has 0 aromatic rings. The van der Waals surface area contributed by atoms with E-state index < -0.39 is 141 Å². The first kappa shape index (κ1) is 58.3. The number of primary amides is 1. The largest absolute Gasteiger partial charge is 0.462 e. The Kier molecular flexibility index (Phi) is 25.7. The lowest BCUT2D eigenvalue weighted by atomic mass is 9.82. The number of carbonyl (C=O) groups is 3. The molecule has 384 valence electrons. The highest BCUT2D eigenvalue weighted by Crippen LogP contribution is 2.38. The number of hydrogen-bond donors (Lipinski definition) is 13. The van der Waals surface area contributed by atoms with E-state index in [1.807, 2.05) is 13.0 Å². The van der Waals surface area contributed by atoms with Crippen molar-refractivity contribution in [3.05, 3.63) is 85.1 Å². The van der Waals surface area contributed by atoms with E-state index >= 15 is 0 Å². The van der Waals surface area contributed by atoms with E-state index in [1.54, 1.807) is 79.8 Å². The Bertz CT molecular complexity index is 1760. The number of nitrogens with one attached hydrogen (secondary N) is 1. The van der Waals surface area contributed by atoms with E-state index in [-0.39, 0.29) is 57.6 Å². The molecule has 20 nitrogen and oxygen atoms in total. The van der Waals surface area contributed by atoms with Gasteiger partial charge in [0.1, 0.15) is 12.2 Å². The van der Waals surface area contributed by atoms with Gasteiger partial charge in [-0.1, -0.05) is 92.0 Å². The molecule has 0 spiro atoms. The zero-order chi connectivity index (χ0) is 50.4. The summed E-state index contributed by atoms with van der Waals surface area (Å²) in [5.74, 6) is -6.16. The van der Waals surface area contributed by atoms with Gasteiger partial charge in [0.2, 0.25) is 11.8 Å². The lowest BCUT2D eigenvalue weighted by Crippen LogP contribution is -2.59. The molecule has 68 heavy (non-hydrogen) atoms. The summed E-state index contributed by atoms with van der Waals surface area (Å²) in [5.41, 5.74) is 11.2. The summed E-state index contributed by atoms with van der Waals surface area (Å²) in [5, 5.41) is 111. The van der Waals surface area contributed by atoms with Gasteiger partial charge in [-0.3, -0.25) is 14.4 Å². The topological polar surface area (TPSA) is 354 Å². The fourth-order valence-electron chi connectivity index (χ4n) is 7.94. The second kappa shape index (κ2) is 29.9. The number of fused-ring (bicyclic) bond motifs is 2. The monoisotopic (exact) mass is 966 g/mol. The molecular formula is C48H75N3O17. The van der Waals surface area contributed by atoms with Crippen LogP contribution >= 0.6 is 0 Å². The van der Waals surface area contributed by atoms with Gasteiger partial charge in [0.15, 0.2) is 12.1 Å². The minimum Gasteiger partial charge on any atom is -0.462 e. The molecular weight excluding hydrogens is 891 g/mol. The number of aliphatic hydroxyl groups excluding tert-OH is 9. The van der Waals surface area contributed by atoms with E-state index in [1.165, 1.54) is 6.08 Å². The van der Waals surface area contributed by atoms with E-state index in [2.05, 4.69) is 5.32 Å². The summed E-state index contributed by atoms with van der Waals surface area (Å²) in [6, 6.07) is -1.14. The third-order valence-electron chi connectivity index (χ3n) is 11.7. The second-order valence-electron chi connectivity index (χ2n) is 17.9. The summed E-state index contributed by atoms with van der Waals surface area (Å²) >= 11 is 0. The van der Waals surface area contributed by atoms with Crippen molar-refractivity contribution in [3.8, 4) is 0 Å². The number of aliphatic hydroxyl groups is 10. The summed E-state index contributed by atoms with van der Waals surface area (Å²) in [7, 11) is 0. The van der Waals surface area contributed by atoms with Crippen LogP contribution in [-0.2, 0) is 33.3 Å². The number of ether oxygens (including phenoxy) is 4. The molecule has 3 rings (SSSR count). The van der Waals surface area contributed by atoms with Crippen LogP contribution in [0.5, 0.6) is 0 Å². The normalized spacial score (nSPS) is 41.7. The van der Waals surface area contributed by atoms with Crippen molar-refractivity contribution in [1.29, 1.82) is 0 Å². The SMILES string of the molecule is C[C@H]1C[C@H](O)[C@@H](C)/C=C/C=C/C=C/C=C/C=C/C=C/C=C/C(O[C@@H]2OC[C@@H](O)[C@H](N)[C@@H]2O)C[C@@H]2OC(O)(CC(O)CC(O)C(O)CCC(O)C[C@@H](O)CC(=O)O1)C[C@H](O)[C@H]2C(=O)NCCC(N)=O. The maximum absolute atomic E-state index is 13.6. The lowest BCUT2D eigenvalue weighted by molar-refractivity contribution is -0.304. The van der Waals surface area contributed by atoms with Crippen molar-refractivity contribution in [3.63, 3.8) is 0 Å². The molecule has 20 heteroatoms. The highest BCUT2D eigenvalue weighted by atomic mass is 16.7. The van der Waals surface area contributed by atoms with E-state index in [4.69, 9.17) is 30.4 Å². The van der Waals surface area contributed by atoms with Crippen LogP contribution in [0, 0.1) is 11.8 Å². The zero-order valence-corrected chi connectivity index (χ0v) is 38.8. The average Bonchev–Trinajstić information content (AvgIpc) is 3.24. The molecule has 15 N–H and O–H groups in total. The smallest absolute Gasteiger partial charge is 0.308 e. The van der Waals surface area contributed by atoms with Crippen molar-refractivity contribution in [2.24, 2.45) is 23.3 Å². The summed E-state index contributed by atoms with van der Waals surface area (Å²) in [6.07, 6.45) is 4.59. The molecule has 2 saturated heterocycles. The van der Waals surface area contributed by atoms with Crippen LogP contribution in [0.4, 0.5) is 0 Å². The maximum atomic E-state index is 13.6. The van der Waals surface area contributed by atoms with Gasteiger partial charge >= 0.3 is 5.97 Å². The van der Waals surface area contributed by atoms with Gasteiger partial charge in [-0.25, -0.2) is 0 Å². The molecule has 0 aliphatic carbocycles. The third kappa shape index (κ3) is 21.3. The Hall–Kier alpha value is -3.97. The number of allylic oxidation sites excluding steroid dienone is 12. The Balaban J connectivity index is 1.90. The van der Waals surface area contributed by atoms with Crippen molar-refractivity contribution in [2.75, 3.05) is 13.2 Å². The molecule has 2 amide bonds. The molecule has 0 aromatic carbocycles. The van der Waals surface area contributed by atoms with Crippen molar-refractivity contribution >= 4 is 17.8 Å². The van der Waals surface area contributed by atoms with Crippen LogP contribution in [0.15, 0.2) is 85.1 Å². The number of hydrogen-bond acceptors (Lipinski definition) is 18. The molecule has 0 aromatic heterocycles. The first-order valence-electron chi connectivity index (χ1n) is 23.2. The van der Waals surface area contributed by atoms with Gasteiger partial charge in [-0.15, -0.1) is 0 Å². The summed E-state index contributed by atoms with van der Waals surface area (Å²) in [6.45, 7) is 2.99. The Labute approximate surface area is 397 Å². The number of esters is 1. The molecule has 17 atom stereocenters. The lowest BCUT2D eigenvalue weighted by Gasteiger charge is -2.45. The van der Waals surface area contributed by atoms with Crippen LogP contribution in [0.25, 0.3) is 0 Å². The molecule has 2 bridgehead atoms. The minimum absolute atomic E-state index is 0.111. The first-order valence-corrected chi connectivity index (χ1v) is 23.2. The quantitative estimate of drug-likeness (QED) is 0.142. The highest BCUT2D eigenvalue weighted by molar-refractivity contribution is 5.81. The molecule has 2 fully saturated rings. The van der Waals surface area contributed by atoms with Crippen molar-refractivity contribution < 1.29 is 84.4 Å². The molecule has 3 aliphatic heterocycles. The van der Waals surface area contributed by atoms with Crippen LogP contribution in [0.1, 0.15) is 78.1 Å². The van der Waals surface area contributed by atoms with Gasteiger partial charge in [-0.05, 0) is 26.2 Å². The predicted molar refractivity (Wildman–Crippen MR) is 247 cm³/mol. The maximum Gasteiger partial charge on any atom is 0.308 e. The minimum atomic E-state index is -2.32. The fraction of sp³-hybridized carbons (Fsp3) is 0.646. The number of carbonyl (C=O) groups excluding carboxylic acids is 3. The predicted octanol–water partition coefficient (Wildman–Crippen LogP) is -1.02. The number of nitrogens with two attached hydrogens (primary N) is 2. The molecule has 0 saturated carbocycles. The summed E-state index contributed by atoms with van der Waals surface area (Å²) < 4.78 is 23.1. The standard InChI is InChI=1S/C48H75N3O17/c1-29-15-13-11-9-7-5-3-4-6-8-10-12-14-16-34(67-47-45(62)44(50)39(59)28-65-47)25-40-43(46(63)51-20-19-41(49)60)38(58)27-48(64,68-40)26-33(54)23-37(57)35(55)18-17-31(52)22-32(53)24-42(61)66-30(2)21-36(29)56/h3-16,29-40,43-45,47,52-59,62,64H,17-28,50H2,1-2H3,(H2,49,60)(H,51,63)/b4-3+,7-5+,8-6+,11-9+,12-10+,15-13+,16-14+/t29-,30-,31?,32+,33?,34?,35?,36-,37?,38-,39+,40-,43+,44-,45-,47-,48?/m0/s1. The zero-order valence-electron chi connectivity index (χ0n) is 38.8. The van der Waals surface area contributed by atoms with Crippen LogP contribution in [0.2, 0.25) is 0 Å². The number of amides is 2. The number of cyclic esters (lactones) is 1.